The molecular weight excluding hydrogens is 243 g/mol. The maximum absolute atomic E-state index is 13.9. The Kier molecular flexibility index (Phi) is 7.01. The van der Waals surface area contributed by atoms with Crippen LogP contribution in [0.1, 0.15) is 38.7 Å². The third kappa shape index (κ3) is 4.93. The van der Waals surface area contributed by atoms with E-state index in [4.69, 9.17) is 9.47 Å². The van der Waals surface area contributed by atoms with Crippen LogP contribution in [0.4, 0.5) is 4.39 Å². The van der Waals surface area contributed by atoms with Crippen molar-refractivity contribution in [3.05, 3.63) is 36.2 Å². The number of rotatable bonds is 9. The highest BCUT2D eigenvalue weighted by molar-refractivity contribution is 5.44. The van der Waals surface area contributed by atoms with E-state index in [1.807, 2.05) is 13.8 Å². The van der Waals surface area contributed by atoms with E-state index in [0.717, 1.165) is 19.3 Å². The first-order chi connectivity index (χ1) is 9.22. The van der Waals surface area contributed by atoms with Gasteiger partial charge in [0.05, 0.1) is 13.2 Å². The minimum Gasteiger partial charge on any atom is -0.490 e. The summed E-state index contributed by atoms with van der Waals surface area (Å²) in [5, 5.41) is 0. The number of ether oxygens (including phenoxy) is 2. The molecule has 2 nitrogen and oxygen atoms in total. The summed E-state index contributed by atoms with van der Waals surface area (Å²) in [5.74, 6) is 0.891. The van der Waals surface area contributed by atoms with E-state index in [1.165, 1.54) is 6.07 Å². The van der Waals surface area contributed by atoms with Gasteiger partial charge in [-0.15, -0.1) is 6.58 Å². The van der Waals surface area contributed by atoms with Crippen LogP contribution in [-0.2, 0) is 6.42 Å². The van der Waals surface area contributed by atoms with Crippen molar-refractivity contribution >= 4 is 0 Å². The summed E-state index contributed by atoms with van der Waals surface area (Å²) in [6.07, 6.45) is 4.96. The fraction of sp³-hybridized carbons (Fsp3) is 0.500. The number of halogens is 1. The molecule has 0 aliphatic rings. The van der Waals surface area contributed by atoms with Crippen LogP contribution >= 0.6 is 0 Å². The summed E-state index contributed by atoms with van der Waals surface area (Å²) >= 11 is 0. The van der Waals surface area contributed by atoms with Gasteiger partial charge in [-0.2, -0.15) is 0 Å². The zero-order valence-corrected chi connectivity index (χ0v) is 11.9. The minimum atomic E-state index is -0.239. The maximum atomic E-state index is 13.9. The van der Waals surface area contributed by atoms with Crippen LogP contribution in [0.5, 0.6) is 11.5 Å². The Hall–Kier alpha value is -1.51. The molecule has 0 aromatic heterocycles. The van der Waals surface area contributed by atoms with Gasteiger partial charge >= 0.3 is 0 Å². The Morgan fingerprint density at radius 3 is 2.21 bits per heavy atom. The third-order valence-electron chi connectivity index (χ3n) is 2.65. The van der Waals surface area contributed by atoms with Gasteiger partial charge in [-0.05, 0) is 37.3 Å². The second-order valence-corrected chi connectivity index (χ2v) is 4.41. The van der Waals surface area contributed by atoms with E-state index in [1.54, 1.807) is 12.1 Å². The SMILES string of the molecule is C=CCCc1cc(OCCC)c(OCCC)cc1F. The van der Waals surface area contributed by atoms with Crippen molar-refractivity contribution in [1.82, 2.24) is 0 Å². The molecule has 3 heteroatoms. The minimum absolute atomic E-state index is 0.239. The topological polar surface area (TPSA) is 18.5 Å². The molecule has 0 fully saturated rings. The smallest absolute Gasteiger partial charge is 0.164 e. The Labute approximate surface area is 115 Å². The van der Waals surface area contributed by atoms with Crippen molar-refractivity contribution in [3.63, 3.8) is 0 Å². The van der Waals surface area contributed by atoms with Crippen molar-refractivity contribution in [2.75, 3.05) is 13.2 Å². The molecule has 0 amide bonds. The van der Waals surface area contributed by atoms with E-state index in [0.29, 0.717) is 36.7 Å². The van der Waals surface area contributed by atoms with Gasteiger partial charge in [-0.25, -0.2) is 4.39 Å². The second kappa shape index (κ2) is 8.57. The van der Waals surface area contributed by atoms with Crippen LogP contribution in [0.15, 0.2) is 24.8 Å². The van der Waals surface area contributed by atoms with Crippen LogP contribution < -0.4 is 9.47 Å². The lowest BCUT2D eigenvalue weighted by molar-refractivity contribution is 0.266. The summed E-state index contributed by atoms with van der Waals surface area (Å²) in [4.78, 5) is 0. The third-order valence-corrected chi connectivity index (χ3v) is 2.65. The van der Waals surface area contributed by atoms with Crippen LogP contribution in [0.3, 0.4) is 0 Å². The lowest BCUT2D eigenvalue weighted by Crippen LogP contribution is -2.03. The van der Waals surface area contributed by atoms with E-state index >= 15 is 0 Å². The molecule has 1 aromatic rings. The van der Waals surface area contributed by atoms with Crippen molar-refractivity contribution in [2.24, 2.45) is 0 Å². The van der Waals surface area contributed by atoms with Gasteiger partial charge in [0.25, 0.3) is 0 Å². The van der Waals surface area contributed by atoms with Crippen molar-refractivity contribution < 1.29 is 13.9 Å². The standard InChI is InChI=1S/C16H23FO2/c1-4-7-8-13-11-15(18-9-5-2)16(12-14(13)17)19-10-6-3/h4,11-12H,1,5-10H2,2-3H3. The van der Waals surface area contributed by atoms with Gasteiger partial charge < -0.3 is 9.47 Å². The molecule has 0 heterocycles. The monoisotopic (exact) mass is 266 g/mol. The summed E-state index contributed by atoms with van der Waals surface area (Å²) in [6.45, 7) is 8.88. The Morgan fingerprint density at radius 1 is 1.11 bits per heavy atom. The van der Waals surface area contributed by atoms with Gasteiger partial charge in [0.15, 0.2) is 11.5 Å². The number of hydrogen-bond acceptors (Lipinski definition) is 2. The quantitative estimate of drug-likeness (QED) is 0.612. The number of aryl methyl sites for hydroxylation is 1. The largest absolute Gasteiger partial charge is 0.490 e. The van der Waals surface area contributed by atoms with Crippen LogP contribution in [0, 0.1) is 5.82 Å². The fourth-order valence-electron chi connectivity index (χ4n) is 1.68. The number of allylic oxidation sites excluding steroid dienone is 1. The average Bonchev–Trinajstić information content (AvgIpc) is 2.42. The molecule has 0 radical (unpaired) electrons. The summed E-state index contributed by atoms with van der Waals surface area (Å²) < 4.78 is 25.1. The first kappa shape index (κ1) is 15.5. The fourth-order valence-corrected chi connectivity index (χ4v) is 1.68. The zero-order chi connectivity index (χ0) is 14.1. The lowest BCUT2D eigenvalue weighted by Gasteiger charge is -2.14. The molecule has 0 aliphatic carbocycles. The van der Waals surface area contributed by atoms with Crippen molar-refractivity contribution in [2.45, 2.75) is 39.5 Å². The van der Waals surface area contributed by atoms with Crippen LogP contribution in [0.25, 0.3) is 0 Å². The van der Waals surface area contributed by atoms with Crippen molar-refractivity contribution in [3.8, 4) is 11.5 Å². The van der Waals surface area contributed by atoms with Crippen LogP contribution in [-0.4, -0.2) is 13.2 Å². The Balaban J connectivity index is 2.94. The molecule has 0 unspecified atom stereocenters. The van der Waals surface area contributed by atoms with E-state index in [-0.39, 0.29) is 5.82 Å². The number of hydrogen-bond donors (Lipinski definition) is 0. The molecule has 1 rings (SSSR count). The predicted molar refractivity (Wildman–Crippen MR) is 76.5 cm³/mol. The van der Waals surface area contributed by atoms with Gasteiger partial charge in [-0.1, -0.05) is 19.9 Å². The summed E-state index contributed by atoms with van der Waals surface area (Å²) in [5.41, 5.74) is 0.648. The van der Waals surface area contributed by atoms with E-state index < -0.39 is 0 Å². The summed E-state index contributed by atoms with van der Waals surface area (Å²) in [6, 6.07) is 3.18. The van der Waals surface area contributed by atoms with Gasteiger partial charge in [0, 0.05) is 6.07 Å². The highest BCUT2D eigenvalue weighted by Crippen LogP contribution is 2.31. The van der Waals surface area contributed by atoms with Gasteiger partial charge in [0.2, 0.25) is 0 Å². The predicted octanol–water partition coefficient (Wildman–Crippen LogP) is 4.52. The molecule has 0 saturated carbocycles. The van der Waals surface area contributed by atoms with Crippen LogP contribution in [0.2, 0.25) is 0 Å². The van der Waals surface area contributed by atoms with E-state index in [9.17, 15) is 4.39 Å². The second-order valence-electron chi connectivity index (χ2n) is 4.41. The van der Waals surface area contributed by atoms with Crippen molar-refractivity contribution in [1.29, 1.82) is 0 Å². The Bertz CT molecular complexity index is 402. The molecule has 0 saturated heterocycles. The molecule has 0 N–H and O–H groups in total. The maximum Gasteiger partial charge on any atom is 0.164 e. The molecule has 0 atom stereocenters. The molecule has 19 heavy (non-hydrogen) atoms. The molecule has 1 aromatic carbocycles. The average molecular weight is 266 g/mol. The highest BCUT2D eigenvalue weighted by Gasteiger charge is 2.12. The number of benzene rings is 1. The first-order valence-electron chi connectivity index (χ1n) is 6.91. The van der Waals surface area contributed by atoms with E-state index in [2.05, 4.69) is 6.58 Å². The zero-order valence-electron chi connectivity index (χ0n) is 11.9. The molecule has 0 aliphatic heterocycles. The molecule has 0 bridgehead atoms. The molecule has 106 valence electrons. The highest BCUT2D eigenvalue weighted by atomic mass is 19.1. The summed E-state index contributed by atoms with van der Waals surface area (Å²) in [7, 11) is 0. The molecule has 0 spiro atoms. The molecular formula is C16H23FO2. The van der Waals surface area contributed by atoms with Gasteiger partial charge in [-0.3, -0.25) is 0 Å². The van der Waals surface area contributed by atoms with Gasteiger partial charge in [0.1, 0.15) is 5.82 Å². The normalized spacial score (nSPS) is 10.3. The Morgan fingerprint density at radius 2 is 1.68 bits per heavy atom. The lowest BCUT2D eigenvalue weighted by atomic mass is 10.1. The first-order valence-corrected chi connectivity index (χ1v) is 6.91.